The Bertz CT molecular complexity index is 599. The van der Waals surface area contributed by atoms with E-state index in [9.17, 15) is 18.5 Å². The number of nitro groups is 1. The number of rotatable bonds is 8. The molecule has 21 heavy (non-hydrogen) atoms. The fourth-order valence-corrected chi connectivity index (χ4v) is 2.98. The maximum absolute atomic E-state index is 12.1. The summed E-state index contributed by atoms with van der Waals surface area (Å²) in [5, 5.41) is 10.6. The second-order valence-electron chi connectivity index (χ2n) is 4.40. The fourth-order valence-electron chi connectivity index (χ4n) is 1.85. The number of nitrogens with two attached hydrogens (primary N) is 1. The lowest BCUT2D eigenvalue weighted by molar-refractivity contribution is -0.384. The van der Waals surface area contributed by atoms with Crippen LogP contribution in [-0.2, 0) is 10.0 Å². The van der Waals surface area contributed by atoms with Gasteiger partial charge in [-0.1, -0.05) is 13.8 Å². The first-order chi connectivity index (χ1) is 9.81. The molecule has 0 heterocycles. The number of non-ortho nitro benzene ring substituents is 1. The first kappa shape index (κ1) is 17.3. The molecule has 0 aliphatic heterocycles. The van der Waals surface area contributed by atoms with Gasteiger partial charge in [0, 0.05) is 25.2 Å². The number of sulfonamides is 1. The summed E-state index contributed by atoms with van der Waals surface area (Å²) in [5.74, 6) is 0. The molecule has 9 heteroatoms. The van der Waals surface area contributed by atoms with E-state index in [1.807, 2.05) is 13.8 Å². The smallest absolute Gasteiger partial charge is 0.271 e. The Morgan fingerprint density at radius 3 is 2.43 bits per heavy atom. The fraction of sp³-hybridized carbons (Fsp3) is 0.500. The van der Waals surface area contributed by atoms with Crippen LogP contribution in [0.1, 0.15) is 13.8 Å². The van der Waals surface area contributed by atoms with Crippen LogP contribution in [0, 0.1) is 10.1 Å². The van der Waals surface area contributed by atoms with Crippen molar-refractivity contribution in [1.82, 2.24) is 9.62 Å². The second kappa shape index (κ2) is 7.34. The van der Waals surface area contributed by atoms with Gasteiger partial charge in [0.2, 0.25) is 10.0 Å². The molecule has 3 N–H and O–H groups in total. The molecular formula is C12H20N4O4S. The normalized spacial score (nSPS) is 11.8. The Morgan fingerprint density at radius 2 is 1.95 bits per heavy atom. The first-order valence-corrected chi connectivity index (χ1v) is 8.06. The highest BCUT2D eigenvalue weighted by molar-refractivity contribution is 7.89. The highest BCUT2D eigenvalue weighted by atomic mass is 32.2. The summed E-state index contributed by atoms with van der Waals surface area (Å²) < 4.78 is 26.7. The van der Waals surface area contributed by atoms with E-state index in [-0.39, 0.29) is 22.8 Å². The Morgan fingerprint density at radius 1 is 1.33 bits per heavy atom. The van der Waals surface area contributed by atoms with E-state index < -0.39 is 14.9 Å². The Kier molecular flexibility index (Phi) is 6.06. The van der Waals surface area contributed by atoms with Gasteiger partial charge in [-0.3, -0.25) is 10.1 Å². The molecule has 0 unspecified atom stereocenters. The van der Waals surface area contributed by atoms with Crippen LogP contribution in [0.25, 0.3) is 0 Å². The molecule has 118 valence electrons. The van der Waals surface area contributed by atoms with Crippen molar-refractivity contribution in [3.63, 3.8) is 0 Å². The molecule has 0 spiro atoms. The van der Waals surface area contributed by atoms with E-state index in [0.717, 1.165) is 31.3 Å². The largest absolute Gasteiger partial charge is 0.397 e. The standard InChI is InChI=1S/C12H20N4O4S/c1-3-15(4-2)8-7-14-21(19,20)12-6-5-10(16(17)18)9-11(12)13/h5-6,9,14H,3-4,7-8,13H2,1-2H3. The Hall–Kier alpha value is -1.71. The van der Waals surface area contributed by atoms with Gasteiger partial charge in [-0.15, -0.1) is 0 Å². The molecule has 0 aliphatic rings. The number of anilines is 1. The van der Waals surface area contributed by atoms with E-state index in [2.05, 4.69) is 9.62 Å². The first-order valence-electron chi connectivity index (χ1n) is 6.57. The van der Waals surface area contributed by atoms with E-state index >= 15 is 0 Å². The van der Waals surface area contributed by atoms with Gasteiger partial charge < -0.3 is 10.6 Å². The minimum Gasteiger partial charge on any atom is -0.397 e. The van der Waals surface area contributed by atoms with Crippen LogP contribution in [-0.4, -0.2) is 44.4 Å². The molecule has 0 fully saturated rings. The van der Waals surface area contributed by atoms with E-state index in [4.69, 9.17) is 5.73 Å². The molecule has 1 rings (SSSR count). The molecule has 1 aromatic carbocycles. The van der Waals surface area contributed by atoms with Crippen molar-refractivity contribution in [3.05, 3.63) is 28.3 Å². The number of nitrogens with zero attached hydrogens (tertiary/aromatic N) is 2. The number of nitro benzene ring substituents is 1. The third kappa shape index (κ3) is 4.66. The highest BCUT2D eigenvalue weighted by Gasteiger charge is 2.19. The molecule has 0 bridgehead atoms. The number of hydrogen-bond acceptors (Lipinski definition) is 6. The lowest BCUT2D eigenvalue weighted by atomic mass is 10.3. The van der Waals surface area contributed by atoms with Crippen molar-refractivity contribution >= 4 is 21.4 Å². The van der Waals surface area contributed by atoms with Crippen LogP contribution in [0.15, 0.2) is 23.1 Å². The molecule has 0 saturated heterocycles. The van der Waals surface area contributed by atoms with Gasteiger partial charge in [0.15, 0.2) is 0 Å². The van der Waals surface area contributed by atoms with Gasteiger partial charge in [-0.2, -0.15) is 0 Å². The summed E-state index contributed by atoms with van der Waals surface area (Å²) >= 11 is 0. The molecule has 0 aromatic heterocycles. The number of benzene rings is 1. The zero-order valence-corrected chi connectivity index (χ0v) is 12.9. The predicted octanol–water partition coefficient (Wildman–Crippen LogP) is 0.797. The zero-order chi connectivity index (χ0) is 16.0. The van der Waals surface area contributed by atoms with E-state index in [1.165, 1.54) is 0 Å². The second-order valence-corrected chi connectivity index (χ2v) is 6.14. The van der Waals surface area contributed by atoms with Crippen molar-refractivity contribution in [3.8, 4) is 0 Å². The molecule has 0 aliphatic carbocycles. The number of likely N-dealkylation sites (N-methyl/N-ethyl adjacent to an activating group) is 1. The molecule has 0 amide bonds. The SMILES string of the molecule is CCN(CC)CCNS(=O)(=O)c1ccc([N+](=O)[O-])cc1N. The van der Waals surface area contributed by atoms with Crippen LogP contribution in [0.5, 0.6) is 0 Å². The number of hydrogen-bond donors (Lipinski definition) is 2. The predicted molar refractivity (Wildman–Crippen MR) is 80.5 cm³/mol. The zero-order valence-electron chi connectivity index (χ0n) is 12.1. The van der Waals surface area contributed by atoms with Crippen molar-refractivity contribution in [2.45, 2.75) is 18.7 Å². The molecule has 8 nitrogen and oxygen atoms in total. The average molecular weight is 316 g/mol. The summed E-state index contributed by atoms with van der Waals surface area (Å²) in [6.45, 7) is 6.48. The van der Waals surface area contributed by atoms with E-state index in [0.29, 0.717) is 6.54 Å². The Balaban J connectivity index is 2.81. The highest BCUT2D eigenvalue weighted by Crippen LogP contribution is 2.23. The third-order valence-corrected chi connectivity index (χ3v) is 4.64. The number of nitrogens with one attached hydrogen (secondary N) is 1. The van der Waals surface area contributed by atoms with Gasteiger partial charge in [0.05, 0.1) is 10.6 Å². The summed E-state index contributed by atoms with van der Waals surface area (Å²) in [5.41, 5.74) is 5.21. The molecule has 0 atom stereocenters. The molecular weight excluding hydrogens is 296 g/mol. The van der Waals surface area contributed by atoms with Crippen molar-refractivity contribution in [2.75, 3.05) is 31.9 Å². The van der Waals surface area contributed by atoms with Crippen LogP contribution >= 0.6 is 0 Å². The van der Waals surface area contributed by atoms with Crippen LogP contribution in [0.4, 0.5) is 11.4 Å². The summed E-state index contributed by atoms with van der Waals surface area (Å²) in [4.78, 5) is 11.9. The molecule has 1 aromatic rings. The van der Waals surface area contributed by atoms with Crippen LogP contribution in [0.2, 0.25) is 0 Å². The Labute approximate surface area is 124 Å². The maximum Gasteiger partial charge on any atom is 0.271 e. The van der Waals surface area contributed by atoms with Crippen molar-refractivity contribution in [2.24, 2.45) is 0 Å². The van der Waals surface area contributed by atoms with Gasteiger partial charge >= 0.3 is 0 Å². The van der Waals surface area contributed by atoms with Crippen molar-refractivity contribution in [1.29, 1.82) is 0 Å². The van der Waals surface area contributed by atoms with Gasteiger partial charge in [-0.25, -0.2) is 13.1 Å². The van der Waals surface area contributed by atoms with Crippen molar-refractivity contribution < 1.29 is 13.3 Å². The summed E-state index contributed by atoms with van der Waals surface area (Å²) in [6.07, 6.45) is 0. The van der Waals surface area contributed by atoms with Gasteiger partial charge in [-0.05, 0) is 19.2 Å². The summed E-state index contributed by atoms with van der Waals surface area (Å²) in [6, 6.07) is 3.31. The van der Waals surface area contributed by atoms with Gasteiger partial charge in [0.25, 0.3) is 5.69 Å². The molecule has 0 radical (unpaired) electrons. The monoisotopic (exact) mass is 316 g/mol. The summed E-state index contributed by atoms with van der Waals surface area (Å²) in [7, 11) is -3.77. The minimum atomic E-state index is -3.77. The minimum absolute atomic E-state index is 0.139. The van der Waals surface area contributed by atoms with Crippen LogP contribution < -0.4 is 10.5 Å². The topological polar surface area (TPSA) is 119 Å². The van der Waals surface area contributed by atoms with Gasteiger partial charge in [0.1, 0.15) is 4.90 Å². The number of nitrogen functional groups attached to an aromatic ring is 1. The maximum atomic E-state index is 12.1. The quantitative estimate of drug-likeness (QED) is 0.416. The lowest BCUT2D eigenvalue weighted by Gasteiger charge is -2.18. The third-order valence-electron chi connectivity index (χ3n) is 3.11. The average Bonchev–Trinajstić information content (AvgIpc) is 2.43. The lowest BCUT2D eigenvalue weighted by Crippen LogP contribution is -2.35. The molecule has 0 saturated carbocycles. The van der Waals surface area contributed by atoms with Crippen LogP contribution in [0.3, 0.4) is 0 Å². The van der Waals surface area contributed by atoms with E-state index in [1.54, 1.807) is 0 Å².